The molecule has 1 aromatic rings. The van der Waals surface area contributed by atoms with Gasteiger partial charge in [0.05, 0.1) is 19.3 Å². The Morgan fingerprint density at radius 3 is 3.20 bits per heavy atom. The minimum absolute atomic E-state index is 0.336. The van der Waals surface area contributed by atoms with Gasteiger partial charge in [-0.25, -0.2) is 9.78 Å². The molecule has 0 aromatic carbocycles. The zero-order chi connectivity index (χ0) is 11.1. The third kappa shape index (κ3) is 3.70. The standard InChI is InChI=1S/C10H12N2O2S/c1-3-14-10(13)8-7-12-9(15-8)5-4-6-11-2/h7,11H,3,6H2,1-2H3. The summed E-state index contributed by atoms with van der Waals surface area (Å²) in [6, 6.07) is 0. The minimum atomic E-state index is -0.336. The van der Waals surface area contributed by atoms with Crippen LogP contribution in [0.1, 0.15) is 21.6 Å². The van der Waals surface area contributed by atoms with E-state index in [0.29, 0.717) is 23.0 Å². The first-order chi connectivity index (χ1) is 7.27. The van der Waals surface area contributed by atoms with Gasteiger partial charge < -0.3 is 10.1 Å². The molecule has 4 nitrogen and oxygen atoms in total. The number of hydrogen-bond acceptors (Lipinski definition) is 5. The lowest BCUT2D eigenvalue weighted by molar-refractivity contribution is 0.0532. The van der Waals surface area contributed by atoms with Crippen LogP contribution in [0.3, 0.4) is 0 Å². The van der Waals surface area contributed by atoms with Crippen LogP contribution in [0.25, 0.3) is 0 Å². The second-order valence-corrected chi connectivity index (χ2v) is 3.61. The van der Waals surface area contributed by atoms with Crippen LogP contribution in [0.2, 0.25) is 0 Å². The summed E-state index contributed by atoms with van der Waals surface area (Å²) in [5.74, 6) is 5.38. The van der Waals surface area contributed by atoms with Gasteiger partial charge in [0.25, 0.3) is 0 Å². The van der Waals surface area contributed by atoms with Crippen LogP contribution in [0.5, 0.6) is 0 Å². The molecule has 15 heavy (non-hydrogen) atoms. The fraction of sp³-hybridized carbons (Fsp3) is 0.400. The number of aromatic nitrogens is 1. The van der Waals surface area contributed by atoms with E-state index in [1.54, 1.807) is 6.92 Å². The lowest BCUT2D eigenvalue weighted by atomic mass is 10.5. The van der Waals surface area contributed by atoms with Gasteiger partial charge in [0, 0.05) is 0 Å². The number of ether oxygens (including phenoxy) is 1. The number of thiazole rings is 1. The lowest BCUT2D eigenvalue weighted by Crippen LogP contribution is -2.04. The molecule has 0 saturated carbocycles. The van der Waals surface area contributed by atoms with E-state index < -0.39 is 0 Å². The summed E-state index contributed by atoms with van der Waals surface area (Å²) in [4.78, 5) is 15.8. The van der Waals surface area contributed by atoms with Crippen molar-refractivity contribution in [2.24, 2.45) is 0 Å². The van der Waals surface area contributed by atoms with Crippen LogP contribution in [0.4, 0.5) is 0 Å². The molecule has 0 spiro atoms. The number of esters is 1. The molecule has 1 rings (SSSR count). The molecule has 80 valence electrons. The van der Waals surface area contributed by atoms with Crippen LogP contribution < -0.4 is 5.32 Å². The van der Waals surface area contributed by atoms with Crippen LogP contribution >= 0.6 is 11.3 Å². The summed E-state index contributed by atoms with van der Waals surface area (Å²) in [7, 11) is 1.82. The highest BCUT2D eigenvalue weighted by Gasteiger charge is 2.09. The van der Waals surface area contributed by atoms with Gasteiger partial charge in [0.1, 0.15) is 4.88 Å². The van der Waals surface area contributed by atoms with Crippen LogP contribution in [0.15, 0.2) is 6.20 Å². The van der Waals surface area contributed by atoms with Gasteiger partial charge in [-0.2, -0.15) is 0 Å². The average molecular weight is 224 g/mol. The van der Waals surface area contributed by atoms with Crippen molar-refractivity contribution in [2.75, 3.05) is 20.2 Å². The van der Waals surface area contributed by atoms with Crippen molar-refractivity contribution in [3.8, 4) is 11.8 Å². The van der Waals surface area contributed by atoms with E-state index >= 15 is 0 Å². The molecule has 1 N–H and O–H groups in total. The smallest absolute Gasteiger partial charge is 0.349 e. The Balaban J connectivity index is 2.65. The van der Waals surface area contributed by atoms with Gasteiger partial charge >= 0.3 is 5.97 Å². The Bertz CT molecular complexity index is 390. The van der Waals surface area contributed by atoms with E-state index in [4.69, 9.17) is 4.74 Å². The van der Waals surface area contributed by atoms with Crippen molar-refractivity contribution in [1.29, 1.82) is 0 Å². The third-order valence-corrected chi connectivity index (χ3v) is 2.34. The maximum absolute atomic E-state index is 11.3. The molecule has 0 radical (unpaired) electrons. The molecule has 1 heterocycles. The normalized spacial score (nSPS) is 9.20. The fourth-order valence-corrected chi connectivity index (χ4v) is 1.52. The van der Waals surface area contributed by atoms with Gasteiger partial charge in [-0.3, -0.25) is 0 Å². The van der Waals surface area contributed by atoms with Gasteiger partial charge in [0.2, 0.25) is 0 Å². The average Bonchev–Trinajstić information content (AvgIpc) is 2.67. The summed E-state index contributed by atoms with van der Waals surface area (Å²) < 4.78 is 4.84. The minimum Gasteiger partial charge on any atom is -0.462 e. The second kappa shape index (κ2) is 6.17. The zero-order valence-electron chi connectivity index (χ0n) is 8.66. The van der Waals surface area contributed by atoms with E-state index in [2.05, 4.69) is 22.1 Å². The van der Waals surface area contributed by atoms with Crippen molar-refractivity contribution in [1.82, 2.24) is 10.3 Å². The summed E-state index contributed by atoms with van der Waals surface area (Å²) in [6.45, 7) is 2.75. The van der Waals surface area contributed by atoms with Gasteiger partial charge in [-0.15, -0.1) is 0 Å². The van der Waals surface area contributed by atoms with Crippen LogP contribution in [-0.4, -0.2) is 31.2 Å². The quantitative estimate of drug-likeness (QED) is 0.612. The largest absolute Gasteiger partial charge is 0.462 e. The Labute approximate surface area is 92.7 Å². The molecular weight excluding hydrogens is 212 g/mol. The number of rotatable bonds is 3. The number of nitrogens with zero attached hydrogens (tertiary/aromatic N) is 1. The van der Waals surface area contributed by atoms with E-state index in [-0.39, 0.29) is 5.97 Å². The summed E-state index contributed by atoms with van der Waals surface area (Å²) in [6.07, 6.45) is 1.49. The van der Waals surface area contributed by atoms with E-state index in [1.807, 2.05) is 7.05 Å². The summed E-state index contributed by atoms with van der Waals surface area (Å²) in [5, 5.41) is 3.53. The zero-order valence-corrected chi connectivity index (χ0v) is 9.48. The monoisotopic (exact) mass is 224 g/mol. The molecule has 0 amide bonds. The SMILES string of the molecule is CCOC(=O)c1cnc(C#CCNC)s1. The first-order valence-electron chi connectivity index (χ1n) is 4.54. The number of hydrogen-bond donors (Lipinski definition) is 1. The third-order valence-electron chi connectivity index (χ3n) is 1.44. The highest BCUT2D eigenvalue weighted by Crippen LogP contribution is 2.12. The molecule has 0 saturated heterocycles. The summed E-state index contributed by atoms with van der Waals surface area (Å²) >= 11 is 1.24. The van der Waals surface area contributed by atoms with E-state index in [0.717, 1.165) is 0 Å². The number of nitrogens with one attached hydrogen (secondary N) is 1. The molecule has 5 heteroatoms. The Hall–Kier alpha value is -1.38. The highest BCUT2D eigenvalue weighted by molar-refractivity contribution is 7.14. The maximum Gasteiger partial charge on any atom is 0.349 e. The molecular formula is C10H12N2O2S. The Kier molecular flexibility index (Phi) is 4.81. The predicted octanol–water partition coefficient (Wildman–Crippen LogP) is 0.891. The second-order valence-electron chi connectivity index (χ2n) is 2.58. The predicted molar refractivity (Wildman–Crippen MR) is 58.9 cm³/mol. The van der Waals surface area contributed by atoms with Crippen molar-refractivity contribution < 1.29 is 9.53 Å². The molecule has 0 aliphatic rings. The maximum atomic E-state index is 11.3. The molecule has 1 aromatic heterocycles. The van der Waals surface area contributed by atoms with E-state index in [1.165, 1.54) is 17.5 Å². The molecule has 0 aliphatic carbocycles. The molecule has 0 fully saturated rings. The van der Waals surface area contributed by atoms with E-state index in [9.17, 15) is 4.79 Å². The van der Waals surface area contributed by atoms with Gasteiger partial charge in [-0.1, -0.05) is 17.3 Å². The number of carbonyl (C=O) groups excluding carboxylic acids is 1. The number of carbonyl (C=O) groups is 1. The van der Waals surface area contributed by atoms with Gasteiger partial charge in [0.15, 0.2) is 5.01 Å². The first-order valence-corrected chi connectivity index (χ1v) is 5.36. The van der Waals surface area contributed by atoms with Crippen LogP contribution in [-0.2, 0) is 4.74 Å². The topological polar surface area (TPSA) is 51.2 Å². The Morgan fingerprint density at radius 2 is 2.53 bits per heavy atom. The molecule has 0 bridgehead atoms. The highest BCUT2D eigenvalue weighted by atomic mass is 32.1. The summed E-state index contributed by atoms with van der Waals surface area (Å²) in [5.41, 5.74) is 0. The molecule has 0 atom stereocenters. The van der Waals surface area contributed by atoms with Gasteiger partial charge in [-0.05, 0) is 19.9 Å². The molecule has 0 unspecified atom stereocenters. The molecule has 0 aliphatic heterocycles. The van der Waals surface area contributed by atoms with Crippen molar-refractivity contribution in [2.45, 2.75) is 6.92 Å². The van der Waals surface area contributed by atoms with Crippen molar-refractivity contribution >= 4 is 17.3 Å². The van der Waals surface area contributed by atoms with Crippen molar-refractivity contribution in [3.05, 3.63) is 16.1 Å². The lowest BCUT2D eigenvalue weighted by Gasteiger charge is -1.95. The van der Waals surface area contributed by atoms with Crippen molar-refractivity contribution in [3.63, 3.8) is 0 Å². The van der Waals surface area contributed by atoms with Crippen LogP contribution in [0, 0.1) is 11.8 Å². The fourth-order valence-electron chi connectivity index (χ4n) is 0.837. The Morgan fingerprint density at radius 1 is 1.73 bits per heavy atom. The first kappa shape index (κ1) is 11.7.